The van der Waals surface area contributed by atoms with Gasteiger partial charge in [0.25, 0.3) is 0 Å². The van der Waals surface area contributed by atoms with Crippen LogP contribution in [0, 0.1) is 17.3 Å². The highest BCUT2D eigenvalue weighted by atomic mass is 16.7. The fourth-order valence-electron chi connectivity index (χ4n) is 7.59. The van der Waals surface area contributed by atoms with Crippen molar-refractivity contribution in [2.75, 3.05) is 61.0 Å². The molecule has 0 aromatic rings. The van der Waals surface area contributed by atoms with E-state index >= 15 is 0 Å². The number of rotatable bonds is 8. The third-order valence-electron chi connectivity index (χ3n) is 10.6. The molecule has 3 rings (SSSR count). The highest BCUT2D eigenvalue weighted by Gasteiger charge is 2.51. The summed E-state index contributed by atoms with van der Waals surface area (Å²) in [4.78, 5) is 34.4. The molecule has 0 unspecified atom stereocenters. The first kappa shape index (κ1) is 38.3. The van der Waals surface area contributed by atoms with Crippen molar-refractivity contribution in [1.29, 1.82) is 0 Å². The summed E-state index contributed by atoms with van der Waals surface area (Å²) in [5, 5.41) is 21.2. The number of likely N-dealkylation sites (N-methyl/N-ethyl adjacent to an activating group) is 2. The highest BCUT2D eigenvalue weighted by Crippen LogP contribution is 2.38. The molecule has 0 bridgehead atoms. The summed E-state index contributed by atoms with van der Waals surface area (Å²) in [6.07, 6.45) is 1.60. The van der Waals surface area contributed by atoms with Gasteiger partial charge in [-0.3, -0.25) is 14.5 Å². The van der Waals surface area contributed by atoms with Crippen molar-refractivity contribution in [2.24, 2.45) is 17.3 Å². The summed E-state index contributed by atoms with van der Waals surface area (Å²) >= 11 is 0. The van der Waals surface area contributed by atoms with Crippen LogP contribution in [0.25, 0.3) is 0 Å². The number of aliphatic hydroxyl groups excluding tert-OH is 2. The minimum atomic E-state index is -1.42. The Morgan fingerprint density at radius 2 is 1.71 bits per heavy atom. The number of methoxy groups -OCH3 is 1. The number of carbonyl (C=O) groups is 2. The van der Waals surface area contributed by atoms with E-state index in [1.807, 2.05) is 32.8 Å². The number of ether oxygens (including phenoxy) is 4. The van der Waals surface area contributed by atoms with Gasteiger partial charge in [-0.1, -0.05) is 13.8 Å². The van der Waals surface area contributed by atoms with Gasteiger partial charge in [-0.25, -0.2) is 0 Å². The average Bonchev–Trinajstić information content (AvgIpc) is 2.98. The molecule has 3 fully saturated rings. The van der Waals surface area contributed by atoms with E-state index in [-0.39, 0.29) is 42.6 Å². The minimum absolute atomic E-state index is 0.00746. The number of cyclic esters (lactones) is 1. The molecule has 3 aliphatic heterocycles. The molecule has 3 saturated heterocycles. The van der Waals surface area contributed by atoms with Gasteiger partial charge in [0.1, 0.15) is 18.1 Å². The molecular formula is C34H63N3O8. The van der Waals surface area contributed by atoms with Crippen LogP contribution in [-0.4, -0.2) is 146 Å². The van der Waals surface area contributed by atoms with Crippen molar-refractivity contribution < 1.29 is 38.7 Å². The zero-order chi connectivity index (χ0) is 33.7. The van der Waals surface area contributed by atoms with Crippen molar-refractivity contribution in [3.63, 3.8) is 0 Å². The molecule has 11 nitrogen and oxygen atoms in total. The minimum Gasteiger partial charge on any atom is -0.463 e. The number of hydrogen-bond donors (Lipinski definition) is 2. The van der Waals surface area contributed by atoms with Crippen LogP contribution in [0.4, 0.5) is 0 Å². The van der Waals surface area contributed by atoms with Crippen molar-refractivity contribution in [3.8, 4) is 0 Å². The van der Waals surface area contributed by atoms with Crippen LogP contribution in [-0.2, 0) is 28.5 Å². The Morgan fingerprint density at radius 3 is 2.31 bits per heavy atom. The van der Waals surface area contributed by atoms with Crippen molar-refractivity contribution >= 4 is 11.8 Å². The molecule has 45 heavy (non-hydrogen) atoms. The van der Waals surface area contributed by atoms with Crippen LogP contribution in [0.1, 0.15) is 80.1 Å². The van der Waals surface area contributed by atoms with Crippen LogP contribution in [0.3, 0.4) is 0 Å². The normalized spacial score (nSPS) is 38.8. The van der Waals surface area contributed by atoms with E-state index in [1.54, 1.807) is 27.9 Å². The fraction of sp³-hybridized carbons (Fsp3) is 0.941. The van der Waals surface area contributed by atoms with E-state index in [1.165, 1.54) is 0 Å². The van der Waals surface area contributed by atoms with Crippen LogP contribution in [0.5, 0.6) is 0 Å². The average molecular weight is 642 g/mol. The summed E-state index contributed by atoms with van der Waals surface area (Å²) in [5.74, 6) is -1.46. The topological polar surface area (TPSA) is 121 Å². The number of likely N-dealkylation sites (tertiary alicyclic amines) is 1. The maximum absolute atomic E-state index is 14.2. The van der Waals surface area contributed by atoms with Crippen LogP contribution in [0.15, 0.2) is 0 Å². The molecule has 262 valence electrons. The second-order valence-electron chi connectivity index (χ2n) is 15.1. The molecule has 0 spiro atoms. The second kappa shape index (κ2) is 16.3. The van der Waals surface area contributed by atoms with Gasteiger partial charge >= 0.3 is 5.97 Å². The molecule has 0 radical (unpaired) electrons. The lowest BCUT2D eigenvalue weighted by Crippen LogP contribution is -2.59. The molecule has 0 aromatic heterocycles. The Morgan fingerprint density at radius 1 is 1.07 bits per heavy atom. The molecule has 0 amide bonds. The fourth-order valence-corrected chi connectivity index (χ4v) is 7.59. The largest absolute Gasteiger partial charge is 0.463 e. The van der Waals surface area contributed by atoms with E-state index in [0.29, 0.717) is 12.8 Å². The lowest BCUT2D eigenvalue weighted by atomic mass is 9.74. The molecule has 3 heterocycles. The Balaban J connectivity index is 1.86. The van der Waals surface area contributed by atoms with Gasteiger partial charge in [0, 0.05) is 44.7 Å². The van der Waals surface area contributed by atoms with Crippen molar-refractivity contribution in [2.45, 2.75) is 128 Å². The number of nitrogens with zero attached hydrogens (tertiary/aromatic N) is 3. The van der Waals surface area contributed by atoms with Gasteiger partial charge in [0.2, 0.25) is 0 Å². The summed E-state index contributed by atoms with van der Waals surface area (Å²) in [6.45, 7) is 14.8. The van der Waals surface area contributed by atoms with E-state index in [4.69, 9.17) is 18.9 Å². The predicted molar refractivity (Wildman–Crippen MR) is 173 cm³/mol. The van der Waals surface area contributed by atoms with Crippen molar-refractivity contribution in [1.82, 2.24) is 14.7 Å². The maximum atomic E-state index is 14.2. The number of aliphatic hydroxyl groups is 2. The van der Waals surface area contributed by atoms with Gasteiger partial charge in [-0.2, -0.15) is 0 Å². The molecule has 0 saturated carbocycles. The summed E-state index contributed by atoms with van der Waals surface area (Å²) < 4.78 is 24.9. The van der Waals surface area contributed by atoms with Gasteiger partial charge < -0.3 is 39.0 Å². The van der Waals surface area contributed by atoms with Gasteiger partial charge in [-0.05, 0) is 99.8 Å². The Labute approximate surface area is 271 Å². The second-order valence-corrected chi connectivity index (χ2v) is 15.1. The van der Waals surface area contributed by atoms with E-state index in [2.05, 4.69) is 23.8 Å². The van der Waals surface area contributed by atoms with E-state index < -0.39 is 41.4 Å². The van der Waals surface area contributed by atoms with Gasteiger partial charge in [0.15, 0.2) is 12.1 Å². The molecule has 2 N–H and O–H groups in total. The van der Waals surface area contributed by atoms with E-state index in [9.17, 15) is 19.8 Å². The number of ketones is 1. The first-order chi connectivity index (χ1) is 21.0. The first-order valence-electron chi connectivity index (χ1n) is 17.0. The SMILES string of the molecule is CO[C@]1(C)C[C@@H](C)CN(C)[C@@H](CCCN2CCC(O)CC2)COC(=O)C(C)(C)C(=O)[C@H](C)[C@H]1O[C@@H]1O[C@H](C)C[C@H](N(C)C)[C@H]1O. The quantitative estimate of drug-likeness (QED) is 0.301. The maximum Gasteiger partial charge on any atom is 0.319 e. The molecule has 0 aromatic carbocycles. The lowest BCUT2D eigenvalue weighted by molar-refractivity contribution is -0.295. The van der Waals surface area contributed by atoms with Crippen LogP contribution in [0.2, 0.25) is 0 Å². The molecule has 9 atom stereocenters. The summed E-state index contributed by atoms with van der Waals surface area (Å²) in [6, 6.07) is -0.183. The van der Waals surface area contributed by atoms with Gasteiger partial charge in [0.05, 0.1) is 23.9 Å². The lowest BCUT2D eigenvalue weighted by Gasteiger charge is -2.47. The van der Waals surface area contributed by atoms with Crippen LogP contribution < -0.4 is 0 Å². The highest BCUT2D eigenvalue weighted by molar-refractivity contribution is 6.04. The molecule has 3 aliphatic rings. The Bertz CT molecular complexity index is 958. The number of piperidine rings is 1. The number of esters is 1. The first-order valence-corrected chi connectivity index (χ1v) is 17.0. The molecular weight excluding hydrogens is 578 g/mol. The van der Waals surface area contributed by atoms with Gasteiger partial charge in [-0.15, -0.1) is 0 Å². The van der Waals surface area contributed by atoms with E-state index in [0.717, 1.165) is 51.9 Å². The number of hydrogen-bond acceptors (Lipinski definition) is 11. The summed E-state index contributed by atoms with van der Waals surface area (Å²) in [7, 11) is 7.54. The van der Waals surface area contributed by atoms with Crippen molar-refractivity contribution in [3.05, 3.63) is 0 Å². The third-order valence-corrected chi connectivity index (χ3v) is 10.6. The standard InChI is InChI=1S/C34H63N3O8/c1-22-19-34(6,42-10)30(45-31-28(39)27(35(7)8)18-23(2)44-31)24(3)29(40)33(4,5)32(41)43-21-25(36(9)20-22)12-11-15-37-16-13-26(38)14-17-37/h22-28,30-31,38-39H,11-21H2,1-10H3/t22-,23-,24+,25+,27+,28-,30-,31+,34-/m1/s1. The third kappa shape index (κ3) is 9.69. The summed E-state index contributed by atoms with van der Waals surface area (Å²) in [5.41, 5.74) is -2.34. The zero-order valence-electron chi connectivity index (χ0n) is 29.7. The zero-order valence-corrected chi connectivity index (χ0v) is 29.7. The van der Waals surface area contributed by atoms with Crippen LogP contribution >= 0.6 is 0 Å². The molecule has 11 heteroatoms. The monoisotopic (exact) mass is 641 g/mol. The Kier molecular flexibility index (Phi) is 13.8. The number of carbonyl (C=O) groups excluding carboxylic acids is 2. The Hall–Kier alpha value is -1.18. The molecule has 0 aliphatic carbocycles. The predicted octanol–water partition coefficient (Wildman–Crippen LogP) is 2.55. The smallest absolute Gasteiger partial charge is 0.319 e. The number of Topliss-reactive ketones (excluding diaryl/α,β-unsaturated/α-hetero) is 1.